The fraction of sp³-hybridized carbons (Fsp3) is 0.417. The highest BCUT2D eigenvalue weighted by atomic mass is 35.5. The Bertz CT molecular complexity index is 722. The highest BCUT2D eigenvalue weighted by molar-refractivity contribution is 6.30. The molecule has 0 fully saturated rings. The molecule has 0 aliphatic heterocycles. The maximum absolute atomic E-state index is 10.9. The molecule has 0 aliphatic carbocycles. The molecule has 1 nitrogen and oxygen atoms in total. The number of hydrogen-bond donors (Lipinski definition) is 1. The molecule has 2 heteroatoms. The zero-order valence-corrected chi connectivity index (χ0v) is 18.0. The van der Waals surface area contributed by atoms with Crippen LogP contribution in [0.5, 0.6) is 0 Å². The molecule has 1 aromatic rings. The van der Waals surface area contributed by atoms with Gasteiger partial charge in [-0.1, -0.05) is 90.1 Å². The second-order valence-electron chi connectivity index (χ2n) is 8.55. The molecule has 0 aliphatic rings. The summed E-state index contributed by atoms with van der Waals surface area (Å²) >= 11 is 5.98. The molecule has 0 aromatic heterocycles. The summed E-state index contributed by atoms with van der Waals surface area (Å²) in [6.07, 6.45) is 7.11. The predicted octanol–water partition coefficient (Wildman–Crippen LogP) is 8.15. The summed E-state index contributed by atoms with van der Waals surface area (Å²) in [6.45, 7) is 18.9. The van der Waals surface area contributed by atoms with Gasteiger partial charge in [-0.15, -0.1) is 0 Å². The largest absolute Gasteiger partial charge is 0.507 e. The predicted molar refractivity (Wildman–Crippen MR) is 117 cm³/mol. The molecule has 0 unspecified atom stereocenters. The van der Waals surface area contributed by atoms with Crippen LogP contribution in [0.15, 0.2) is 66.0 Å². The van der Waals surface area contributed by atoms with Gasteiger partial charge in [-0.25, -0.2) is 0 Å². The van der Waals surface area contributed by atoms with Crippen LogP contribution in [-0.4, -0.2) is 5.11 Å². The zero-order valence-electron chi connectivity index (χ0n) is 17.3. The van der Waals surface area contributed by atoms with Gasteiger partial charge in [-0.05, 0) is 47.4 Å². The smallest absolute Gasteiger partial charge is 0.125 e. The fourth-order valence-corrected chi connectivity index (χ4v) is 2.47. The maximum atomic E-state index is 10.9. The molecule has 0 atom stereocenters. The molecule has 0 bridgehead atoms. The number of rotatable bonds is 6. The summed E-state index contributed by atoms with van der Waals surface area (Å²) in [5, 5.41) is 11.6. The van der Waals surface area contributed by atoms with Gasteiger partial charge < -0.3 is 5.11 Å². The minimum absolute atomic E-state index is 0.0835. The first kappa shape index (κ1) is 22.3. The van der Waals surface area contributed by atoms with Crippen molar-refractivity contribution >= 4 is 17.2 Å². The minimum Gasteiger partial charge on any atom is -0.507 e. The maximum Gasteiger partial charge on any atom is 0.125 e. The molecular weight excluding hydrogens is 340 g/mol. The van der Waals surface area contributed by atoms with E-state index in [-0.39, 0.29) is 16.6 Å². The van der Waals surface area contributed by atoms with E-state index < -0.39 is 0 Å². The number of aliphatic hydroxyl groups excluding tert-OH is 1. The van der Waals surface area contributed by atoms with E-state index in [2.05, 4.69) is 54.2 Å². The van der Waals surface area contributed by atoms with Crippen molar-refractivity contribution in [2.24, 2.45) is 10.8 Å². The summed E-state index contributed by atoms with van der Waals surface area (Å²) < 4.78 is 0. The Morgan fingerprint density at radius 2 is 1.65 bits per heavy atom. The van der Waals surface area contributed by atoms with Gasteiger partial charge in [-0.2, -0.15) is 0 Å². The second kappa shape index (κ2) is 8.77. The third-order valence-corrected chi connectivity index (χ3v) is 4.93. The molecule has 1 N–H and O–H groups in total. The Labute approximate surface area is 164 Å². The second-order valence-corrected chi connectivity index (χ2v) is 8.98. The number of aliphatic hydroxyl groups is 1. The van der Waals surface area contributed by atoms with E-state index in [1.54, 1.807) is 0 Å². The molecule has 0 heterocycles. The first-order valence-corrected chi connectivity index (χ1v) is 9.51. The Kier molecular flexibility index (Phi) is 7.53. The lowest BCUT2D eigenvalue weighted by Crippen LogP contribution is -2.12. The Morgan fingerprint density at radius 3 is 2.12 bits per heavy atom. The van der Waals surface area contributed by atoms with Crippen molar-refractivity contribution in [2.45, 2.75) is 54.9 Å². The Hall–Kier alpha value is -1.73. The Morgan fingerprint density at radius 1 is 1.12 bits per heavy atom. The van der Waals surface area contributed by atoms with E-state index in [1.807, 2.05) is 43.3 Å². The molecule has 26 heavy (non-hydrogen) atoms. The van der Waals surface area contributed by atoms with Crippen molar-refractivity contribution in [3.8, 4) is 0 Å². The van der Waals surface area contributed by atoms with Gasteiger partial charge in [-0.3, -0.25) is 0 Å². The van der Waals surface area contributed by atoms with Gasteiger partial charge in [0.1, 0.15) is 5.76 Å². The van der Waals surface area contributed by atoms with E-state index >= 15 is 0 Å². The molecular formula is C24H33ClO. The summed E-state index contributed by atoms with van der Waals surface area (Å²) in [6, 6.07) is 7.74. The first-order valence-electron chi connectivity index (χ1n) is 9.14. The summed E-state index contributed by atoms with van der Waals surface area (Å²) in [4.78, 5) is 0. The lowest BCUT2D eigenvalue weighted by Gasteiger charge is -2.24. The van der Waals surface area contributed by atoms with Crippen molar-refractivity contribution < 1.29 is 5.11 Å². The van der Waals surface area contributed by atoms with Gasteiger partial charge >= 0.3 is 0 Å². The number of benzene rings is 1. The highest BCUT2D eigenvalue weighted by Crippen LogP contribution is 2.34. The number of hydrogen-bond acceptors (Lipinski definition) is 1. The van der Waals surface area contributed by atoms with E-state index in [1.165, 1.54) is 0 Å². The van der Waals surface area contributed by atoms with Crippen molar-refractivity contribution in [3.63, 3.8) is 0 Å². The van der Waals surface area contributed by atoms with Crippen LogP contribution >= 0.6 is 11.6 Å². The van der Waals surface area contributed by atoms with Crippen LogP contribution in [0.3, 0.4) is 0 Å². The molecule has 0 saturated carbocycles. The Balaban J connectivity index is 3.32. The van der Waals surface area contributed by atoms with Gasteiger partial charge in [0, 0.05) is 16.2 Å². The third kappa shape index (κ3) is 6.53. The van der Waals surface area contributed by atoms with Crippen LogP contribution in [0, 0.1) is 10.8 Å². The standard InChI is InChI=1S/C24H33ClO/c1-9-24(7,8)15-14-17(2)22(26)21(23(4,5)6)16-18(3)19-10-12-20(25)13-11-19/h10-16,26H,2,9H2,1,3-8H3/b15-14+,18-16+,22-21-. The average Bonchev–Trinajstić information content (AvgIpc) is 2.56. The van der Waals surface area contributed by atoms with Crippen LogP contribution < -0.4 is 0 Å². The number of halogens is 1. The van der Waals surface area contributed by atoms with Crippen LogP contribution in [0.1, 0.15) is 60.5 Å². The average molecular weight is 373 g/mol. The van der Waals surface area contributed by atoms with Gasteiger partial charge in [0.15, 0.2) is 0 Å². The molecule has 0 radical (unpaired) electrons. The van der Waals surface area contributed by atoms with Crippen molar-refractivity contribution in [1.29, 1.82) is 0 Å². The van der Waals surface area contributed by atoms with E-state index in [0.717, 1.165) is 23.1 Å². The minimum atomic E-state index is -0.213. The third-order valence-electron chi connectivity index (χ3n) is 4.67. The van der Waals surface area contributed by atoms with Gasteiger partial charge in [0.2, 0.25) is 0 Å². The molecule has 0 saturated heterocycles. The normalized spacial score (nSPS) is 14.5. The van der Waals surface area contributed by atoms with Crippen LogP contribution in [0.25, 0.3) is 5.57 Å². The molecule has 0 spiro atoms. The van der Waals surface area contributed by atoms with E-state index in [0.29, 0.717) is 10.6 Å². The lowest BCUT2D eigenvalue weighted by molar-refractivity contribution is 0.392. The summed E-state index contributed by atoms with van der Waals surface area (Å²) in [7, 11) is 0. The lowest BCUT2D eigenvalue weighted by atomic mass is 9.82. The summed E-state index contributed by atoms with van der Waals surface area (Å²) in [5.74, 6) is 0.244. The molecule has 0 amide bonds. The topological polar surface area (TPSA) is 20.2 Å². The van der Waals surface area contributed by atoms with Gasteiger partial charge in [0.25, 0.3) is 0 Å². The summed E-state index contributed by atoms with van der Waals surface area (Å²) in [5.41, 5.74) is 3.53. The van der Waals surface area contributed by atoms with Gasteiger partial charge in [0.05, 0.1) is 0 Å². The first-order chi connectivity index (χ1) is 11.9. The SMILES string of the molecule is C=C(/C=C/C(C)(C)CC)/C(O)=C(\C=C(/C)c1ccc(Cl)cc1)C(C)(C)C. The molecule has 1 rings (SSSR count). The van der Waals surface area contributed by atoms with E-state index in [4.69, 9.17) is 11.6 Å². The number of allylic oxidation sites excluding steroid dienone is 5. The van der Waals surface area contributed by atoms with E-state index in [9.17, 15) is 5.11 Å². The highest BCUT2D eigenvalue weighted by Gasteiger charge is 2.21. The van der Waals surface area contributed by atoms with Crippen molar-refractivity contribution in [3.05, 3.63) is 76.6 Å². The van der Waals surface area contributed by atoms with Crippen LogP contribution in [0.2, 0.25) is 5.02 Å². The fourth-order valence-electron chi connectivity index (χ4n) is 2.35. The monoisotopic (exact) mass is 372 g/mol. The molecule has 142 valence electrons. The zero-order chi connectivity index (χ0) is 20.1. The quantitative estimate of drug-likeness (QED) is 0.394. The van der Waals surface area contributed by atoms with Crippen LogP contribution in [-0.2, 0) is 0 Å². The molecule has 1 aromatic carbocycles. The van der Waals surface area contributed by atoms with Crippen molar-refractivity contribution in [1.82, 2.24) is 0 Å². The van der Waals surface area contributed by atoms with Crippen LogP contribution in [0.4, 0.5) is 0 Å². The van der Waals surface area contributed by atoms with Crippen molar-refractivity contribution in [2.75, 3.05) is 0 Å².